The fraction of sp³-hybridized carbons (Fsp3) is 0.231. The van der Waals surface area contributed by atoms with Crippen molar-refractivity contribution in [3.05, 3.63) is 28.8 Å². The summed E-state index contributed by atoms with van der Waals surface area (Å²) in [4.78, 5) is 8.50. The van der Waals surface area contributed by atoms with Gasteiger partial charge in [-0.25, -0.2) is 0 Å². The van der Waals surface area contributed by atoms with E-state index in [1.54, 1.807) is 0 Å². The molecule has 0 saturated heterocycles. The van der Waals surface area contributed by atoms with E-state index in [2.05, 4.69) is 49.8 Å². The van der Waals surface area contributed by atoms with E-state index in [9.17, 15) is 0 Å². The van der Waals surface area contributed by atoms with Crippen molar-refractivity contribution in [1.29, 1.82) is 0 Å². The highest BCUT2D eigenvalue weighted by Crippen LogP contribution is 2.25. The minimum atomic E-state index is 0.300. The summed E-state index contributed by atoms with van der Waals surface area (Å²) < 4.78 is 0. The van der Waals surface area contributed by atoms with E-state index in [1.165, 1.54) is 5.56 Å². The van der Waals surface area contributed by atoms with Gasteiger partial charge in [-0.2, -0.15) is 20.3 Å². The number of anilines is 3. The van der Waals surface area contributed by atoms with Crippen LogP contribution in [0.2, 0.25) is 0 Å². The van der Waals surface area contributed by atoms with E-state index in [0.717, 1.165) is 16.8 Å². The van der Waals surface area contributed by atoms with Gasteiger partial charge in [-0.05, 0) is 31.9 Å². The van der Waals surface area contributed by atoms with Crippen molar-refractivity contribution in [1.82, 2.24) is 25.4 Å². The highest BCUT2D eigenvalue weighted by Gasteiger charge is 2.11. The van der Waals surface area contributed by atoms with Gasteiger partial charge in [0.05, 0.1) is 0 Å². The molecule has 2 heterocycles. The molecule has 3 aromatic rings. The van der Waals surface area contributed by atoms with Gasteiger partial charge in [0.2, 0.25) is 11.6 Å². The van der Waals surface area contributed by atoms with Crippen molar-refractivity contribution in [2.45, 2.75) is 20.8 Å². The molecule has 3 rings (SSSR count). The van der Waals surface area contributed by atoms with E-state index in [-0.39, 0.29) is 0 Å². The van der Waals surface area contributed by atoms with Gasteiger partial charge in [0, 0.05) is 5.69 Å². The van der Waals surface area contributed by atoms with E-state index in [4.69, 9.17) is 5.73 Å². The van der Waals surface area contributed by atoms with Crippen LogP contribution < -0.4 is 11.1 Å². The molecule has 20 heavy (non-hydrogen) atoms. The van der Waals surface area contributed by atoms with E-state index in [1.807, 2.05) is 13.8 Å². The van der Waals surface area contributed by atoms with E-state index >= 15 is 0 Å². The molecule has 0 aliphatic rings. The third-order valence-electron chi connectivity index (χ3n) is 3.12. The van der Waals surface area contributed by atoms with Crippen molar-refractivity contribution >= 4 is 28.6 Å². The van der Waals surface area contributed by atoms with Crippen LogP contribution in [-0.4, -0.2) is 25.4 Å². The summed E-state index contributed by atoms with van der Waals surface area (Å²) in [6, 6.07) is 4.21. The molecule has 0 unspecified atom stereocenters. The number of hydrogen-bond donors (Lipinski definition) is 3. The Hall–Kier alpha value is -2.70. The maximum atomic E-state index is 5.84. The molecule has 0 fully saturated rings. The first-order valence-electron chi connectivity index (χ1n) is 6.23. The summed E-state index contributed by atoms with van der Waals surface area (Å²) in [7, 11) is 0. The van der Waals surface area contributed by atoms with Gasteiger partial charge in [0.25, 0.3) is 0 Å². The molecule has 0 bridgehead atoms. The lowest BCUT2D eigenvalue weighted by Crippen LogP contribution is -2.04. The van der Waals surface area contributed by atoms with Crippen molar-refractivity contribution in [2.24, 2.45) is 0 Å². The molecule has 0 spiro atoms. The van der Waals surface area contributed by atoms with Crippen LogP contribution in [0.4, 0.5) is 17.5 Å². The first-order chi connectivity index (χ1) is 9.54. The number of nitrogens with one attached hydrogen (secondary N) is 2. The van der Waals surface area contributed by atoms with Gasteiger partial charge in [-0.3, -0.25) is 0 Å². The number of rotatable bonds is 2. The summed E-state index contributed by atoms with van der Waals surface area (Å²) >= 11 is 0. The van der Waals surface area contributed by atoms with Crippen LogP contribution in [0.25, 0.3) is 11.2 Å². The fourth-order valence-electron chi connectivity index (χ4n) is 2.31. The molecule has 0 radical (unpaired) electrons. The molecular weight excluding hydrogens is 254 g/mol. The van der Waals surface area contributed by atoms with E-state index in [0.29, 0.717) is 22.9 Å². The van der Waals surface area contributed by atoms with Crippen LogP contribution >= 0.6 is 0 Å². The number of benzene rings is 1. The number of fused-ring (bicyclic) bond motifs is 1. The highest BCUT2D eigenvalue weighted by molar-refractivity contribution is 5.82. The predicted molar refractivity (Wildman–Crippen MR) is 77.8 cm³/mol. The van der Waals surface area contributed by atoms with Crippen molar-refractivity contribution in [3.63, 3.8) is 0 Å². The molecule has 0 saturated carbocycles. The Morgan fingerprint density at radius 3 is 2.45 bits per heavy atom. The number of nitrogens with two attached hydrogens (primary N) is 1. The number of aryl methyl sites for hydroxylation is 3. The molecule has 0 atom stereocenters. The second-order valence-electron chi connectivity index (χ2n) is 4.83. The summed E-state index contributed by atoms with van der Waals surface area (Å²) in [5.74, 6) is 0.715. The van der Waals surface area contributed by atoms with Gasteiger partial charge < -0.3 is 11.1 Å². The Morgan fingerprint density at radius 1 is 1.05 bits per heavy atom. The van der Waals surface area contributed by atoms with Gasteiger partial charge in [0.1, 0.15) is 0 Å². The molecule has 7 nitrogen and oxygen atoms in total. The lowest BCUT2D eigenvalue weighted by Gasteiger charge is -2.12. The Kier molecular flexibility index (Phi) is 2.74. The minimum absolute atomic E-state index is 0.300. The predicted octanol–water partition coefficient (Wildman–Crippen LogP) is 2.00. The average molecular weight is 269 g/mol. The topological polar surface area (TPSA) is 105 Å². The van der Waals surface area contributed by atoms with Crippen molar-refractivity contribution in [2.75, 3.05) is 11.1 Å². The molecule has 4 N–H and O–H groups in total. The number of H-pyrrole nitrogens is 1. The second-order valence-corrected chi connectivity index (χ2v) is 4.83. The third-order valence-corrected chi connectivity index (χ3v) is 3.12. The Bertz CT molecular complexity index is 768. The fourth-order valence-corrected chi connectivity index (χ4v) is 2.31. The molecule has 1 aromatic carbocycles. The Morgan fingerprint density at radius 2 is 1.75 bits per heavy atom. The van der Waals surface area contributed by atoms with Crippen LogP contribution in [0.3, 0.4) is 0 Å². The minimum Gasteiger partial charge on any atom is -0.382 e. The lowest BCUT2D eigenvalue weighted by atomic mass is 10.1. The van der Waals surface area contributed by atoms with Gasteiger partial charge >= 0.3 is 0 Å². The zero-order chi connectivity index (χ0) is 14.3. The highest BCUT2D eigenvalue weighted by atomic mass is 15.4. The molecule has 7 heteroatoms. The number of aromatic amines is 1. The zero-order valence-corrected chi connectivity index (χ0v) is 11.5. The number of hydrogen-bond acceptors (Lipinski definition) is 6. The van der Waals surface area contributed by atoms with Gasteiger partial charge in [0.15, 0.2) is 11.3 Å². The Balaban J connectivity index is 2.05. The largest absolute Gasteiger partial charge is 0.382 e. The summed E-state index contributed by atoms with van der Waals surface area (Å²) in [5, 5.41) is 13.5. The standard InChI is InChI=1S/C13H15N7/c1-6-4-7(2)9(8(3)5-6)15-13-16-11(14)10-12(17-13)19-20-18-10/h4-5H,1-3H3,(H4,14,15,16,17,18,19,20). The zero-order valence-electron chi connectivity index (χ0n) is 11.5. The van der Waals surface area contributed by atoms with Crippen LogP contribution in [0.1, 0.15) is 16.7 Å². The van der Waals surface area contributed by atoms with Gasteiger partial charge in [-0.1, -0.05) is 17.7 Å². The van der Waals surface area contributed by atoms with Gasteiger partial charge in [-0.15, -0.1) is 5.10 Å². The third kappa shape index (κ3) is 2.03. The monoisotopic (exact) mass is 269 g/mol. The first-order valence-corrected chi connectivity index (χ1v) is 6.23. The van der Waals surface area contributed by atoms with Crippen molar-refractivity contribution in [3.8, 4) is 0 Å². The normalized spacial score (nSPS) is 10.9. The lowest BCUT2D eigenvalue weighted by molar-refractivity contribution is 0.955. The van der Waals surface area contributed by atoms with Crippen LogP contribution in [-0.2, 0) is 0 Å². The van der Waals surface area contributed by atoms with E-state index < -0.39 is 0 Å². The molecule has 0 aliphatic carbocycles. The maximum absolute atomic E-state index is 5.84. The Labute approximate surface area is 115 Å². The first kappa shape index (κ1) is 12.3. The molecule has 0 amide bonds. The average Bonchev–Trinajstić information content (AvgIpc) is 2.82. The molecule has 0 aliphatic heterocycles. The van der Waals surface area contributed by atoms with Crippen LogP contribution in [0.15, 0.2) is 12.1 Å². The quantitative estimate of drug-likeness (QED) is 0.657. The maximum Gasteiger partial charge on any atom is 0.231 e. The van der Waals surface area contributed by atoms with Crippen molar-refractivity contribution < 1.29 is 0 Å². The molecule has 2 aromatic heterocycles. The summed E-state index contributed by atoms with van der Waals surface area (Å²) in [6.07, 6.45) is 0. The summed E-state index contributed by atoms with van der Waals surface area (Å²) in [6.45, 7) is 6.15. The molecular formula is C13H15N7. The SMILES string of the molecule is Cc1cc(C)c(Nc2nc(N)c3n[nH]nc3n2)c(C)c1. The second kappa shape index (κ2) is 4.44. The van der Waals surface area contributed by atoms with Crippen LogP contribution in [0.5, 0.6) is 0 Å². The number of nitrogen functional groups attached to an aromatic ring is 1. The smallest absolute Gasteiger partial charge is 0.231 e. The summed E-state index contributed by atoms with van der Waals surface area (Å²) in [5.41, 5.74) is 11.2. The number of nitrogens with zero attached hydrogens (tertiary/aromatic N) is 4. The van der Waals surface area contributed by atoms with Crippen LogP contribution in [0, 0.1) is 20.8 Å². The number of aromatic nitrogens is 5. The molecule has 102 valence electrons.